The Labute approximate surface area is 219 Å². The molecule has 0 radical (unpaired) electrons. The van der Waals surface area contributed by atoms with Crippen LogP contribution in [0.5, 0.6) is 5.75 Å². The van der Waals surface area contributed by atoms with Crippen LogP contribution in [0, 0.1) is 0 Å². The molecule has 0 saturated carbocycles. The maximum absolute atomic E-state index is 13.2. The lowest BCUT2D eigenvalue weighted by molar-refractivity contribution is -0.150. The second kappa shape index (κ2) is 12.9. The zero-order chi connectivity index (χ0) is 27.0. The summed E-state index contributed by atoms with van der Waals surface area (Å²) in [7, 11) is 0. The maximum atomic E-state index is 13.2. The first kappa shape index (κ1) is 28.4. The van der Waals surface area contributed by atoms with Crippen LogP contribution in [-0.4, -0.2) is 71.6 Å². The highest BCUT2D eigenvalue weighted by Gasteiger charge is 2.46. The number of unbranched alkanes of at least 4 members (excludes halogenated alkanes) is 5. The van der Waals surface area contributed by atoms with E-state index in [2.05, 4.69) is 0 Å². The lowest BCUT2D eigenvalue weighted by atomic mass is 10.0. The number of ether oxygens (including phenoxy) is 2. The van der Waals surface area contributed by atoms with Gasteiger partial charge in [-0.3, -0.25) is 14.5 Å². The molecule has 3 rings (SSSR count). The average molecular weight is 517 g/mol. The molecule has 0 bridgehead atoms. The van der Waals surface area contributed by atoms with E-state index >= 15 is 0 Å². The average Bonchev–Trinajstić information content (AvgIpc) is 3.21. The minimum atomic E-state index is -1.00. The molecule has 2 heterocycles. The van der Waals surface area contributed by atoms with Crippen molar-refractivity contribution in [2.45, 2.75) is 83.8 Å². The molecule has 10 nitrogen and oxygen atoms in total. The van der Waals surface area contributed by atoms with Gasteiger partial charge in [-0.15, -0.1) is 0 Å². The van der Waals surface area contributed by atoms with Gasteiger partial charge in [-0.05, 0) is 70.8 Å². The summed E-state index contributed by atoms with van der Waals surface area (Å²) >= 11 is 0. The second-order valence-electron chi connectivity index (χ2n) is 10.5. The Balaban J connectivity index is 1.53. The van der Waals surface area contributed by atoms with Crippen molar-refractivity contribution in [1.29, 1.82) is 0 Å². The van der Waals surface area contributed by atoms with Gasteiger partial charge in [-0.1, -0.05) is 25.7 Å². The van der Waals surface area contributed by atoms with Crippen LogP contribution in [0.25, 0.3) is 0 Å². The Morgan fingerprint density at radius 3 is 2.27 bits per heavy atom. The Morgan fingerprint density at radius 2 is 1.62 bits per heavy atom. The van der Waals surface area contributed by atoms with Crippen molar-refractivity contribution in [2.75, 3.05) is 31.1 Å². The van der Waals surface area contributed by atoms with Crippen molar-refractivity contribution in [3.63, 3.8) is 0 Å². The number of benzene rings is 1. The van der Waals surface area contributed by atoms with Crippen LogP contribution in [-0.2, 0) is 14.3 Å². The fourth-order valence-corrected chi connectivity index (χ4v) is 4.50. The number of nitrogens with zero attached hydrogens (tertiary/aromatic N) is 3. The molecule has 0 aliphatic carbocycles. The molecule has 37 heavy (non-hydrogen) atoms. The monoisotopic (exact) mass is 516 g/mol. The lowest BCUT2D eigenvalue weighted by Gasteiger charge is -2.34. The molecule has 204 valence electrons. The SMILES string of the molecule is CC(C)(C)OC(=O)N1C(=O)CCC(N2CCN(c3ccc(OCCCCCCCCN)cc3)C2=O)C1=O. The standard InChI is InChI=1S/C27H40N4O6/c1-27(2,3)37-26(35)31-23(32)15-14-22(24(31)33)30-18-17-29(25(30)34)20-10-12-21(13-11-20)36-19-9-7-5-4-6-8-16-28/h10-13,22H,4-9,14-19,28H2,1-3H3. The minimum absolute atomic E-state index is 0.0147. The molecule has 0 spiro atoms. The number of urea groups is 1. The zero-order valence-electron chi connectivity index (χ0n) is 22.2. The number of hydrogen-bond acceptors (Lipinski definition) is 7. The summed E-state index contributed by atoms with van der Waals surface area (Å²) in [4.78, 5) is 54.7. The van der Waals surface area contributed by atoms with Crippen molar-refractivity contribution in [3.8, 4) is 5.75 Å². The molecule has 1 aromatic carbocycles. The van der Waals surface area contributed by atoms with Gasteiger partial charge in [0.15, 0.2) is 0 Å². The summed E-state index contributed by atoms with van der Waals surface area (Å²) in [5, 5.41) is 0. The van der Waals surface area contributed by atoms with E-state index in [4.69, 9.17) is 15.2 Å². The van der Waals surface area contributed by atoms with Crippen molar-refractivity contribution in [2.24, 2.45) is 5.73 Å². The smallest absolute Gasteiger partial charge is 0.424 e. The van der Waals surface area contributed by atoms with Gasteiger partial charge in [0.25, 0.3) is 5.91 Å². The van der Waals surface area contributed by atoms with E-state index in [0.717, 1.165) is 31.6 Å². The molecule has 5 amide bonds. The van der Waals surface area contributed by atoms with Gasteiger partial charge in [0.05, 0.1) is 6.61 Å². The normalized spacial score (nSPS) is 18.5. The topological polar surface area (TPSA) is 122 Å². The van der Waals surface area contributed by atoms with E-state index in [1.807, 2.05) is 24.3 Å². The van der Waals surface area contributed by atoms with Crippen LogP contribution in [0.2, 0.25) is 0 Å². The number of nitrogens with two attached hydrogens (primary N) is 1. The molecule has 0 aromatic heterocycles. The van der Waals surface area contributed by atoms with Crippen LogP contribution in [0.3, 0.4) is 0 Å². The fourth-order valence-electron chi connectivity index (χ4n) is 4.50. The van der Waals surface area contributed by atoms with Gasteiger partial charge >= 0.3 is 12.1 Å². The minimum Gasteiger partial charge on any atom is -0.494 e. The first-order chi connectivity index (χ1) is 17.6. The van der Waals surface area contributed by atoms with E-state index < -0.39 is 29.6 Å². The Kier molecular flexibility index (Phi) is 9.91. The maximum Gasteiger partial charge on any atom is 0.424 e. The summed E-state index contributed by atoms with van der Waals surface area (Å²) in [6.45, 7) is 7.08. The number of anilines is 1. The first-order valence-corrected chi connectivity index (χ1v) is 13.2. The van der Waals surface area contributed by atoms with Crippen LogP contribution < -0.4 is 15.4 Å². The van der Waals surface area contributed by atoms with Crippen LogP contribution in [0.1, 0.15) is 72.1 Å². The Hall–Kier alpha value is -3.14. The largest absolute Gasteiger partial charge is 0.494 e. The van der Waals surface area contributed by atoms with Gasteiger partial charge in [-0.25, -0.2) is 9.59 Å². The third kappa shape index (κ3) is 7.67. The van der Waals surface area contributed by atoms with Crippen LogP contribution in [0.15, 0.2) is 24.3 Å². The first-order valence-electron chi connectivity index (χ1n) is 13.2. The number of likely N-dealkylation sites (tertiary alicyclic amines) is 1. The van der Waals surface area contributed by atoms with Gasteiger partial charge in [0.2, 0.25) is 5.91 Å². The molecule has 2 saturated heterocycles. The van der Waals surface area contributed by atoms with E-state index in [1.54, 1.807) is 25.7 Å². The highest BCUT2D eigenvalue weighted by Crippen LogP contribution is 2.28. The van der Waals surface area contributed by atoms with Crippen molar-refractivity contribution in [1.82, 2.24) is 9.80 Å². The number of carbonyl (C=O) groups is 4. The van der Waals surface area contributed by atoms with Crippen molar-refractivity contribution < 1.29 is 28.7 Å². The van der Waals surface area contributed by atoms with Crippen molar-refractivity contribution >= 4 is 29.6 Å². The number of imide groups is 3. The second-order valence-corrected chi connectivity index (χ2v) is 10.5. The molecular formula is C27H40N4O6. The number of carbonyl (C=O) groups excluding carboxylic acids is 4. The van der Waals surface area contributed by atoms with E-state index in [-0.39, 0.29) is 18.9 Å². The Bertz CT molecular complexity index is 959. The van der Waals surface area contributed by atoms with Gasteiger partial charge in [0.1, 0.15) is 17.4 Å². The van der Waals surface area contributed by atoms with Gasteiger partial charge < -0.3 is 20.1 Å². The molecule has 1 atom stereocenters. The molecule has 2 aliphatic rings. The zero-order valence-corrected chi connectivity index (χ0v) is 22.2. The molecular weight excluding hydrogens is 476 g/mol. The van der Waals surface area contributed by atoms with E-state index in [9.17, 15) is 19.2 Å². The van der Waals surface area contributed by atoms with Gasteiger partial charge in [-0.2, -0.15) is 4.90 Å². The number of hydrogen-bond donors (Lipinski definition) is 1. The molecule has 2 fully saturated rings. The fraction of sp³-hybridized carbons (Fsp3) is 0.630. The third-order valence-corrected chi connectivity index (χ3v) is 6.40. The lowest BCUT2D eigenvalue weighted by Crippen LogP contribution is -2.57. The predicted octanol–water partition coefficient (Wildman–Crippen LogP) is 4.06. The quantitative estimate of drug-likeness (QED) is 0.348. The van der Waals surface area contributed by atoms with Gasteiger partial charge in [0, 0.05) is 25.2 Å². The Morgan fingerprint density at radius 1 is 0.973 bits per heavy atom. The summed E-state index contributed by atoms with van der Waals surface area (Å²) < 4.78 is 11.1. The van der Waals surface area contributed by atoms with Crippen LogP contribution in [0.4, 0.5) is 15.3 Å². The predicted molar refractivity (Wildman–Crippen MR) is 139 cm³/mol. The number of amides is 5. The molecule has 2 aliphatic heterocycles. The summed E-state index contributed by atoms with van der Waals surface area (Å²) in [5.74, 6) is -0.589. The van der Waals surface area contributed by atoms with Crippen molar-refractivity contribution in [3.05, 3.63) is 24.3 Å². The molecule has 2 N–H and O–H groups in total. The van der Waals surface area contributed by atoms with E-state index in [0.29, 0.717) is 30.3 Å². The highest BCUT2D eigenvalue weighted by atomic mass is 16.6. The van der Waals surface area contributed by atoms with Crippen LogP contribution >= 0.6 is 0 Å². The molecule has 1 unspecified atom stereocenters. The molecule has 1 aromatic rings. The summed E-state index contributed by atoms with van der Waals surface area (Å²) in [5.41, 5.74) is 5.35. The van der Waals surface area contributed by atoms with E-state index in [1.165, 1.54) is 24.2 Å². The molecule has 10 heteroatoms. The summed E-state index contributed by atoms with van der Waals surface area (Å²) in [6.07, 6.45) is 5.92. The number of rotatable bonds is 11. The summed E-state index contributed by atoms with van der Waals surface area (Å²) in [6, 6.07) is 6.09. The third-order valence-electron chi connectivity index (χ3n) is 6.40. The highest BCUT2D eigenvalue weighted by molar-refractivity contribution is 6.13. The number of piperidine rings is 1.